The summed E-state index contributed by atoms with van der Waals surface area (Å²) >= 11 is 0. The summed E-state index contributed by atoms with van der Waals surface area (Å²) in [5.74, 6) is 0. The van der Waals surface area contributed by atoms with Crippen molar-refractivity contribution in [3.8, 4) is 0 Å². The first-order valence-electron chi connectivity index (χ1n) is 9.29. The molecular formula is C20H33N3O. The number of anilines is 1. The monoisotopic (exact) mass is 331 g/mol. The van der Waals surface area contributed by atoms with E-state index in [1.165, 1.54) is 31.5 Å². The van der Waals surface area contributed by atoms with Crippen LogP contribution in [0, 0.1) is 0 Å². The number of aryl methyl sites for hydroxylation is 1. The number of hydrogen-bond donors (Lipinski definition) is 1. The van der Waals surface area contributed by atoms with E-state index in [4.69, 9.17) is 4.52 Å². The van der Waals surface area contributed by atoms with Crippen molar-refractivity contribution in [2.45, 2.75) is 46.5 Å². The summed E-state index contributed by atoms with van der Waals surface area (Å²) in [5.41, 5.74) is 2.27. The Kier molecular flexibility index (Phi) is 11.5. The lowest BCUT2D eigenvalue weighted by Gasteiger charge is -2.20. The van der Waals surface area contributed by atoms with Gasteiger partial charge in [0.2, 0.25) is 0 Å². The summed E-state index contributed by atoms with van der Waals surface area (Å²) in [6.45, 7) is 10.6. The van der Waals surface area contributed by atoms with Crippen LogP contribution in [0.5, 0.6) is 0 Å². The minimum absolute atomic E-state index is 0.997. The lowest BCUT2D eigenvalue weighted by molar-refractivity contribution is 0.291. The molecule has 0 aliphatic heterocycles. The molecular weight excluding hydrogens is 298 g/mol. The Labute approximate surface area is 147 Å². The normalized spacial score (nSPS) is 10.3. The third-order valence-corrected chi connectivity index (χ3v) is 3.88. The summed E-state index contributed by atoms with van der Waals surface area (Å²) in [7, 11) is 0. The summed E-state index contributed by atoms with van der Waals surface area (Å²) in [6.07, 6.45) is 6.35. The second-order valence-electron chi connectivity index (χ2n) is 5.53. The van der Waals surface area contributed by atoms with Gasteiger partial charge in [0.25, 0.3) is 0 Å². The molecule has 0 bridgehead atoms. The molecule has 24 heavy (non-hydrogen) atoms. The van der Waals surface area contributed by atoms with Gasteiger partial charge in [-0.3, -0.25) is 0 Å². The van der Waals surface area contributed by atoms with Gasteiger partial charge in [-0.1, -0.05) is 50.5 Å². The first kappa shape index (κ1) is 20.2. The average molecular weight is 332 g/mol. The van der Waals surface area contributed by atoms with Crippen molar-refractivity contribution in [1.82, 2.24) is 10.1 Å². The zero-order valence-corrected chi connectivity index (χ0v) is 15.5. The van der Waals surface area contributed by atoms with Crippen molar-refractivity contribution in [2.24, 2.45) is 0 Å². The minimum Gasteiger partial charge on any atom is -0.384 e. The van der Waals surface area contributed by atoms with E-state index in [1.807, 2.05) is 26.0 Å². The van der Waals surface area contributed by atoms with Crippen molar-refractivity contribution in [1.29, 1.82) is 0 Å². The predicted octanol–water partition coefficient (Wildman–Crippen LogP) is 4.85. The molecule has 0 radical (unpaired) electrons. The summed E-state index contributed by atoms with van der Waals surface area (Å²) < 4.78 is 4.84. The van der Waals surface area contributed by atoms with Crippen LogP contribution in [0.1, 0.15) is 45.7 Å². The van der Waals surface area contributed by atoms with Crippen LogP contribution >= 0.6 is 0 Å². The van der Waals surface area contributed by atoms with Gasteiger partial charge >= 0.3 is 0 Å². The highest BCUT2D eigenvalue weighted by atomic mass is 16.5. The van der Waals surface area contributed by atoms with E-state index in [2.05, 4.69) is 46.6 Å². The Bertz CT molecular complexity index is 485. The second-order valence-corrected chi connectivity index (χ2v) is 5.53. The number of nitrogens with one attached hydrogen (secondary N) is 1. The third-order valence-electron chi connectivity index (χ3n) is 3.88. The standard InChI is InChI=1S/C18H27N3O.C2H6/c1-2-21(15-13-19-17-9-5-3-6-10-17)14-8-4-7-11-18-12-16-22-20-18;1-2/h3,5-6,9-10,12,16,19H,2,4,7-8,11,13-15H2,1H3;1-2H3. The Morgan fingerprint density at radius 3 is 2.46 bits per heavy atom. The fourth-order valence-corrected chi connectivity index (χ4v) is 2.53. The Hall–Kier alpha value is -1.81. The van der Waals surface area contributed by atoms with Gasteiger partial charge in [0.1, 0.15) is 6.26 Å². The Balaban J connectivity index is 0.00000139. The Morgan fingerprint density at radius 1 is 1.00 bits per heavy atom. The number of likely N-dealkylation sites (N-methyl/N-ethyl adjacent to an activating group) is 1. The van der Waals surface area contributed by atoms with Crippen LogP contribution in [0.25, 0.3) is 0 Å². The maximum absolute atomic E-state index is 4.84. The summed E-state index contributed by atoms with van der Waals surface area (Å²) in [5, 5.41) is 7.41. The van der Waals surface area contributed by atoms with E-state index in [0.717, 1.165) is 31.7 Å². The van der Waals surface area contributed by atoms with Gasteiger partial charge in [-0.2, -0.15) is 0 Å². The first-order valence-corrected chi connectivity index (χ1v) is 9.29. The number of unbranched alkanes of at least 4 members (excludes halogenated alkanes) is 2. The number of nitrogens with zero attached hydrogens (tertiary/aromatic N) is 2. The van der Waals surface area contributed by atoms with E-state index < -0.39 is 0 Å². The van der Waals surface area contributed by atoms with E-state index in [1.54, 1.807) is 6.26 Å². The number of aromatic nitrogens is 1. The second kappa shape index (κ2) is 13.6. The van der Waals surface area contributed by atoms with E-state index in [0.29, 0.717) is 0 Å². The van der Waals surface area contributed by atoms with Crippen molar-refractivity contribution in [3.05, 3.63) is 48.4 Å². The van der Waals surface area contributed by atoms with Crippen LogP contribution in [-0.2, 0) is 6.42 Å². The number of para-hydroxylation sites is 1. The molecule has 1 heterocycles. The quantitative estimate of drug-likeness (QED) is 0.598. The number of benzene rings is 1. The maximum atomic E-state index is 4.84. The highest BCUT2D eigenvalue weighted by Gasteiger charge is 2.02. The van der Waals surface area contributed by atoms with Gasteiger partial charge < -0.3 is 14.7 Å². The molecule has 0 unspecified atom stereocenters. The van der Waals surface area contributed by atoms with E-state index in [9.17, 15) is 0 Å². The molecule has 0 aliphatic carbocycles. The fourth-order valence-electron chi connectivity index (χ4n) is 2.53. The van der Waals surface area contributed by atoms with Crippen LogP contribution in [0.4, 0.5) is 5.69 Å². The van der Waals surface area contributed by atoms with Crippen molar-refractivity contribution in [2.75, 3.05) is 31.5 Å². The van der Waals surface area contributed by atoms with Crippen LogP contribution in [-0.4, -0.2) is 36.2 Å². The van der Waals surface area contributed by atoms with Gasteiger partial charge in [-0.15, -0.1) is 0 Å². The van der Waals surface area contributed by atoms with Crippen LogP contribution in [0.15, 0.2) is 47.2 Å². The molecule has 4 heteroatoms. The average Bonchev–Trinajstić information content (AvgIpc) is 3.16. The molecule has 0 aliphatic rings. The molecule has 134 valence electrons. The third kappa shape index (κ3) is 8.73. The summed E-state index contributed by atoms with van der Waals surface area (Å²) in [4.78, 5) is 2.51. The van der Waals surface area contributed by atoms with Gasteiger partial charge in [-0.25, -0.2) is 0 Å². The molecule has 0 atom stereocenters. The van der Waals surface area contributed by atoms with Gasteiger partial charge in [0.05, 0.1) is 5.69 Å². The minimum atomic E-state index is 0.997. The molecule has 4 nitrogen and oxygen atoms in total. The zero-order valence-electron chi connectivity index (χ0n) is 15.5. The van der Waals surface area contributed by atoms with Gasteiger partial charge in [0, 0.05) is 24.8 Å². The van der Waals surface area contributed by atoms with E-state index >= 15 is 0 Å². The summed E-state index contributed by atoms with van der Waals surface area (Å²) in [6, 6.07) is 12.3. The molecule has 0 spiro atoms. The first-order chi connectivity index (χ1) is 11.9. The predicted molar refractivity (Wildman–Crippen MR) is 102 cm³/mol. The van der Waals surface area contributed by atoms with Crippen LogP contribution < -0.4 is 5.32 Å². The molecule has 0 saturated carbocycles. The SMILES string of the molecule is CC.CCN(CCCCCc1ccon1)CCNc1ccccc1. The largest absolute Gasteiger partial charge is 0.384 e. The van der Waals surface area contributed by atoms with E-state index in [-0.39, 0.29) is 0 Å². The number of rotatable bonds is 11. The van der Waals surface area contributed by atoms with Gasteiger partial charge in [-0.05, 0) is 44.5 Å². The molecule has 1 N–H and O–H groups in total. The number of hydrogen-bond acceptors (Lipinski definition) is 4. The molecule has 1 aromatic carbocycles. The smallest absolute Gasteiger partial charge is 0.124 e. The van der Waals surface area contributed by atoms with Crippen molar-refractivity contribution < 1.29 is 4.52 Å². The fraction of sp³-hybridized carbons (Fsp3) is 0.550. The lowest BCUT2D eigenvalue weighted by atomic mass is 10.1. The zero-order chi connectivity index (χ0) is 17.5. The van der Waals surface area contributed by atoms with Gasteiger partial charge in [0.15, 0.2) is 0 Å². The molecule has 0 fully saturated rings. The highest BCUT2D eigenvalue weighted by Crippen LogP contribution is 2.06. The molecule has 0 saturated heterocycles. The maximum Gasteiger partial charge on any atom is 0.124 e. The molecule has 0 amide bonds. The van der Waals surface area contributed by atoms with Crippen molar-refractivity contribution in [3.63, 3.8) is 0 Å². The highest BCUT2D eigenvalue weighted by molar-refractivity contribution is 5.42. The van der Waals surface area contributed by atoms with Crippen LogP contribution in [0.2, 0.25) is 0 Å². The van der Waals surface area contributed by atoms with Crippen LogP contribution in [0.3, 0.4) is 0 Å². The van der Waals surface area contributed by atoms with Crippen molar-refractivity contribution >= 4 is 5.69 Å². The topological polar surface area (TPSA) is 41.3 Å². The Morgan fingerprint density at radius 2 is 1.79 bits per heavy atom. The lowest BCUT2D eigenvalue weighted by Crippen LogP contribution is -2.30. The molecule has 2 aromatic rings. The molecule has 1 aromatic heterocycles. The molecule has 2 rings (SSSR count).